The first-order valence-corrected chi connectivity index (χ1v) is 9.19. The number of hydrogen-bond acceptors (Lipinski definition) is 5. The predicted molar refractivity (Wildman–Crippen MR) is 88.6 cm³/mol. The third-order valence-electron chi connectivity index (χ3n) is 5.29. The number of benzene rings is 1. The maximum Gasteiger partial charge on any atom is 0.309 e. The molecule has 1 unspecified atom stereocenters. The van der Waals surface area contributed by atoms with E-state index < -0.39 is 0 Å². The number of rotatable bonds is 3. The number of hydrogen-bond donors (Lipinski definition) is 0. The lowest BCUT2D eigenvalue weighted by molar-refractivity contribution is -0.154. The minimum Gasteiger partial charge on any atom is -0.461 e. The Bertz CT molecular complexity index is 670. The number of halogens is 1. The molecule has 24 heavy (non-hydrogen) atoms. The Labute approximate surface area is 148 Å². The Morgan fingerprint density at radius 1 is 1.17 bits per heavy atom. The highest BCUT2D eigenvalue weighted by molar-refractivity contribution is 9.10. The summed E-state index contributed by atoms with van der Waals surface area (Å²) in [6.07, 6.45) is 4.25. The van der Waals surface area contributed by atoms with Gasteiger partial charge in [0.2, 0.25) is 6.79 Å². The molecule has 1 aromatic carbocycles. The molecule has 1 aromatic rings. The fraction of sp³-hybridized carbons (Fsp3) is 0.556. The van der Waals surface area contributed by atoms with E-state index in [-0.39, 0.29) is 37.1 Å². The van der Waals surface area contributed by atoms with Gasteiger partial charge in [0.1, 0.15) is 12.4 Å². The number of esters is 1. The van der Waals surface area contributed by atoms with E-state index in [2.05, 4.69) is 15.9 Å². The molecule has 1 heterocycles. The largest absolute Gasteiger partial charge is 0.461 e. The molecule has 0 aromatic heterocycles. The molecule has 128 valence electrons. The second kappa shape index (κ2) is 6.39. The zero-order chi connectivity index (χ0) is 16.7. The normalized spacial score (nSPS) is 27.9. The smallest absolute Gasteiger partial charge is 0.309 e. The van der Waals surface area contributed by atoms with Crippen LogP contribution in [0.25, 0.3) is 0 Å². The highest BCUT2D eigenvalue weighted by Gasteiger charge is 2.41. The Balaban J connectivity index is 1.40. The molecule has 0 spiro atoms. The molecule has 2 fully saturated rings. The third-order valence-corrected chi connectivity index (χ3v) is 6.03. The molecule has 1 aliphatic heterocycles. The van der Waals surface area contributed by atoms with Crippen LogP contribution >= 0.6 is 15.9 Å². The van der Waals surface area contributed by atoms with E-state index in [1.54, 1.807) is 0 Å². The quantitative estimate of drug-likeness (QED) is 0.732. The average Bonchev–Trinajstić information content (AvgIpc) is 2.99. The Hall–Kier alpha value is -1.56. The van der Waals surface area contributed by atoms with E-state index >= 15 is 0 Å². The first-order valence-electron chi connectivity index (χ1n) is 8.40. The maximum atomic E-state index is 12.4. The SMILES string of the molecule is O=C(OCc1cc2c(cc1Br)OCO2)C1C[C@H]2CCC[C@@H](C1)C2=O. The van der Waals surface area contributed by atoms with Crippen LogP contribution in [0, 0.1) is 17.8 Å². The molecule has 4 rings (SSSR count). The summed E-state index contributed by atoms with van der Waals surface area (Å²) in [4.78, 5) is 24.6. The van der Waals surface area contributed by atoms with Crippen molar-refractivity contribution in [2.75, 3.05) is 6.79 Å². The summed E-state index contributed by atoms with van der Waals surface area (Å²) in [6.45, 7) is 0.403. The van der Waals surface area contributed by atoms with Crippen molar-refractivity contribution in [2.24, 2.45) is 17.8 Å². The van der Waals surface area contributed by atoms with Crippen LogP contribution in [-0.2, 0) is 20.9 Å². The maximum absolute atomic E-state index is 12.4. The van der Waals surface area contributed by atoms with E-state index in [4.69, 9.17) is 14.2 Å². The molecular weight excluding hydrogens is 376 g/mol. The summed E-state index contributed by atoms with van der Waals surface area (Å²) >= 11 is 3.47. The molecule has 0 amide bonds. The number of ether oxygens (including phenoxy) is 3. The molecule has 0 saturated heterocycles. The average molecular weight is 395 g/mol. The van der Waals surface area contributed by atoms with Crippen LogP contribution in [-0.4, -0.2) is 18.5 Å². The van der Waals surface area contributed by atoms with Crippen LogP contribution in [0.1, 0.15) is 37.7 Å². The van der Waals surface area contributed by atoms with Crippen molar-refractivity contribution in [3.63, 3.8) is 0 Å². The molecule has 3 atom stereocenters. The summed E-state index contributed by atoms with van der Waals surface area (Å²) < 4.78 is 17.0. The zero-order valence-electron chi connectivity index (χ0n) is 13.3. The van der Waals surface area contributed by atoms with Crippen LogP contribution in [0.2, 0.25) is 0 Å². The molecular formula is C18H19BrO5. The van der Waals surface area contributed by atoms with Crippen LogP contribution in [0.4, 0.5) is 0 Å². The van der Waals surface area contributed by atoms with Crippen LogP contribution in [0.5, 0.6) is 11.5 Å². The van der Waals surface area contributed by atoms with Crippen molar-refractivity contribution in [3.8, 4) is 11.5 Å². The van der Waals surface area contributed by atoms with Crippen molar-refractivity contribution >= 4 is 27.7 Å². The second-order valence-corrected chi connectivity index (χ2v) is 7.65. The van der Waals surface area contributed by atoms with Gasteiger partial charge in [0.25, 0.3) is 0 Å². The summed E-state index contributed by atoms with van der Waals surface area (Å²) in [6, 6.07) is 3.66. The molecule has 2 aliphatic carbocycles. The minimum atomic E-state index is -0.191. The van der Waals surface area contributed by atoms with Crippen LogP contribution in [0.15, 0.2) is 16.6 Å². The van der Waals surface area contributed by atoms with Gasteiger partial charge in [-0.1, -0.05) is 22.4 Å². The lowest BCUT2D eigenvalue weighted by Gasteiger charge is -2.36. The topological polar surface area (TPSA) is 61.8 Å². The van der Waals surface area contributed by atoms with Gasteiger partial charge < -0.3 is 14.2 Å². The standard InChI is InChI=1S/C18H19BrO5/c19-14-7-16-15(23-9-24-16)6-13(14)8-22-18(21)12-4-10-2-1-3-11(5-12)17(10)20/h6-7,10-12H,1-5,8-9H2/t10-,11+,12?. The molecule has 2 bridgehead atoms. The van der Waals surface area contributed by atoms with E-state index in [1.807, 2.05) is 12.1 Å². The molecule has 0 N–H and O–H groups in total. The van der Waals surface area contributed by atoms with Crippen LogP contribution < -0.4 is 9.47 Å². The van der Waals surface area contributed by atoms with E-state index in [1.165, 1.54) is 0 Å². The third kappa shape index (κ3) is 2.92. The summed E-state index contributed by atoms with van der Waals surface area (Å²) in [5.41, 5.74) is 0.847. The minimum absolute atomic E-state index is 0.0623. The first-order chi connectivity index (χ1) is 11.6. The van der Waals surface area contributed by atoms with Gasteiger partial charge in [-0.3, -0.25) is 9.59 Å². The van der Waals surface area contributed by atoms with Crippen molar-refractivity contribution in [1.29, 1.82) is 0 Å². The van der Waals surface area contributed by atoms with Gasteiger partial charge in [-0.25, -0.2) is 0 Å². The van der Waals surface area contributed by atoms with Gasteiger partial charge in [0, 0.05) is 21.9 Å². The number of carbonyl (C=O) groups is 2. The summed E-state index contributed by atoms with van der Waals surface area (Å²) in [7, 11) is 0. The Morgan fingerprint density at radius 3 is 2.54 bits per heavy atom. The predicted octanol–water partition coefficient (Wildman–Crippen LogP) is 3.62. The monoisotopic (exact) mass is 394 g/mol. The Morgan fingerprint density at radius 2 is 1.83 bits per heavy atom. The Kier molecular flexibility index (Phi) is 4.24. The lowest BCUT2D eigenvalue weighted by Crippen LogP contribution is -2.39. The lowest BCUT2D eigenvalue weighted by atomic mass is 9.67. The van der Waals surface area contributed by atoms with Gasteiger partial charge in [0.15, 0.2) is 11.5 Å². The van der Waals surface area contributed by atoms with Crippen molar-refractivity contribution in [3.05, 3.63) is 22.2 Å². The summed E-state index contributed by atoms with van der Waals surface area (Å²) in [5.74, 6) is 1.51. The fourth-order valence-corrected chi connectivity index (χ4v) is 4.45. The summed E-state index contributed by atoms with van der Waals surface area (Å²) in [5, 5.41) is 0. The number of ketones is 1. The van der Waals surface area contributed by atoms with E-state index in [9.17, 15) is 9.59 Å². The molecule has 2 saturated carbocycles. The zero-order valence-corrected chi connectivity index (χ0v) is 14.8. The van der Waals surface area contributed by atoms with Gasteiger partial charge in [-0.2, -0.15) is 0 Å². The first kappa shape index (κ1) is 15.9. The number of fused-ring (bicyclic) bond motifs is 3. The van der Waals surface area contributed by atoms with Gasteiger partial charge in [-0.05, 0) is 37.8 Å². The molecule has 6 heteroatoms. The van der Waals surface area contributed by atoms with E-state index in [0.717, 1.165) is 29.3 Å². The van der Waals surface area contributed by atoms with Gasteiger partial charge in [0.05, 0.1) is 5.92 Å². The molecule has 0 radical (unpaired) electrons. The molecule has 5 nitrogen and oxygen atoms in total. The highest BCUT2D eigenvalue weighted by atomic mass is 79.9. The van der Waals surface area contributed by atoms with Crippen LogP contribution in [0.3, 0.4) is 0 Å². The van der Waals surface area contributed by atoms with Crippen molar-refractivity contribution in [2.45, 2.75) is 38.7 Å². The number of Topliss-reactive ketones (excluding diaryl/α,β-unsaturated/α-hetero) is 1. The van der Waals surface area contributed by atoms with Crippen molar-refractivity contribution in [1.82, 2.24) is 0 Å². The van der Waals surface area contributed by atoms with E-state index in [0.29, 0.717) is 30.1 Å². The fourth-order valence-electron chi connectivity index (χ4n) is 4.01. The molecule has 3 aliphatic rings. The van der Waals surface area contributed by atoms with Gasteiger partial charge >= 0.3 is 5.97 Å². The van der Waals surface area contributed by atoms with Gasteiger partial charge in [-0.15, -0.1) is 0 Å². The second-order valence-electron chi connectivity index (χ2n) is 6.80. The number of carbonyl (C=O) groups excluding carboxylic acids is 2. The van der Waals surface area contributed by atoms with Crippen molar-refractivity contribution < 1.29 is 23.8 Å². The highest BCUT2D eigenvalue weighted by Crippen LogP contribution is 2.41.